The number of ketones is 1. The van der Waals surface area contributed by atoms with Crippen LogP contribution in [0.25, 0.3) is 0 Å². The highest BCUT2D eigenvalue weighted by Crippen LogP contribution is 2.00. The zero-order valence-electron chi connectivity index (χ0n) is 8.05. The lowest BCUT2D eigenvalue weighted by Gasteiger charge is -2.20. The normalized spacial score (nSPS) is 17.5. The Balaban J connectivity index is 4.03. The van der Waals surface area contributed by atoms with Crippen molar-refractivity contribution in [1.82, 2.24) is 5.32 Å². The second kappa shape index (κ2) is 6.86. The first-order chi connectivity index (χ1) is 6.54. The first-order valence-corrected chi connectivity index (χ1v) is 4.43. The molecule has 0 aliphatic rings. The Morgan fingerprint density at radius 3 is 2.36 bits per heavy atom. The number of hydrogen-bond acceptors (Lipinski definition) is 6. The number of carbonyl (C=O) groups excluding carboxylic acids is 1. The van der Waals surface area contributed by atoms with E-state index in [4.69, 9.17) is 15.3 Å². The van der Waals surface area contributed by atoms with Gasteiger partial charge in [0.05, 0.1) is 13.2 Å². The number of carbonyl (C=O) groups is 1. The van der Waals surface area contributed by atoms with Crippen molar-refractivity contribution in [3.8, 4) is 0 Å². The van der Waals surface area contributed by atoms with Gasteiger partial charge in [-0.1, -0.05) is 6.92 Å². The molecule has 6 nitrogen and oxygen atoms in total. The quantitative estimate of drug-likeness (QED) is 0.309. The summed E-state index contributed by atoms with van der Waals surface area (Å²) in [6.07, 6.45) is -4.82. The zero-order chi connectivity index (χ0) is 11.1. The highest BCUT2D eigenvalue weighted by molar-refractivity contribution is 5.85. The van der Waals surface area contributed by atoms with E-state index in [0.29, 0.717) is 6.54 Å². The molecule has 0 spiro atoms. The third-order valence-electron chi connectivity index (χ3n) is 1.78. The Bertz CT molecular complexity index is 175. The minimum absolute atomic E-state index is 0.0765. The molecule has 0 rings (SSSR count). The fourth-order valence-electron chi connectivity index (χ4n) is 0.862. The van der Waals surface area contributed by atoms with E-state index in [0.717, 1.165) is 0 Å². The van der Waals surface area contributed by atoms with Crippen LogP contribution in [0.3, 0.4) is 0 Å². The lowest BCUT2D eigenvalue weighted by Crippen LogP contribution is -2.46. The molecule has 3 atom stereocenters. The van der Waals surface area contributed by atoms with Gasteiger partial charge in [0.15, 0.2) is 5.78 Å². The van der Waals surface area contributed by atoms with Gasteiger partial charge in [-0.3, -0.25) is 4.79 Å². The van der Waals surface area contributed by atoms with E-state index >= 15 is 0 Å². The number of rotatable bonds is 7. The van der Waals surface area contributed by atoms with Crippen LogP contribution in [0.15, 0.2) is 0 Å². The van der Waals surface area contributed by atoms with Gasteiger partial charge >= 0.3 is 0 Å². The van der Waals surface area contributed by atoms with Gasteiger partial charge < -0.3 is 25.7 Å². The molecule has 0 aromatic carbocycles. The summed E-state index contributed by atoms with van der Waals surface area (Å²) in [7, 11) is 0. The van der Waals surface area contributed by atoms with E-state index in [1.165, 1.54) is 0 Å². The van der Waals surface area contributed by atoms with Crippen LogP contribution < -0.4 is 5.32 Å². The molecule has 6 heteroatoms. The Hall–Kier alpha value is -0.530. The average molecular weight is 207 g/mol. The molecule has 0 saturated carbocycles. The van der Waals surface area contributed by atoms with E-state index in [1.807, 2.05) is 0 Å². The van der Waals surface area contributed by atoms with Gasteiger partial charge in [0, 0.05) is 0 Å². The molecule has 0 aliphatic heterocycles. The van der Waals surface area contributed by atoms with Gasteiger partial charge in [0.2, 0.25) is 0 Å². The molecule has 0 amide bonds. The predicted octanol–water partition coefficient (Wildman–Crippen LogP) is -2.76. The maximum Gasteiger partial charge on any atom is 0.177 e. The monoisotopic (exact) mass is 207 g/mol. The van der Waals surface area contributed by atoms with Crippen LogP contribution in [0.1, 0.15) is 6.92 Å². The van der Waals surface area contributed by atoms with Crippen molar-refractivity contribution >= 4 is 5.78 Å². The lowest BCUT2D eigenvalue weighted by molar-refractivity contribution is -0.139. The molecule has 14 heavy (non-hydrogen) atoms. The summed E-state index contributed by atoms with van der Waals surface area (Å²) in [5, 5.41) is 38.4. The van der Waals surface area contributed by atoms with Crippen LogP contribution in [-0.2, 0) is 4.79 Å². The molecule has 0 aromatic rings. The summed E-state index contributed by atoms with van der Waals surface area (Å²) in [5.41, 5.74) is 0. The van der Waals surface area contributed by atoms with Crippen molar-refractivity contribution in [3.63, 3.8) is 0 Å². The van der Waals surface area contributed by atoms with Crippen LogP contribution in [0.5, 0.6) is 0 Å². The third-order valence-corrected chi connectivity index (χ3v) is 1.78. The summed E-state index contributed by atoms with van der Waals surface area (Å²) in [6, 6.07) is 0. The van der Waals surface area contributed by atoms with Crippen molar-refractivity contribution in [2.24, 2.45) is 0 Å². The van der Waals surface area contributed by atoms with E-state index < -0.39 is 30.7 Å². The second-order valence-corrected chi connectivity index (χ2v) is 2.93. The highest BCUT2D eigenvalue weighted by atomic mass is 16.4. The summed E-state index contributed by atoms with van der Waals surface area (Å²) in [4.78, 5) is 11.1. The van der Waals surface area contributed by atoms with Crippen LogP contribution in [0.4, 0.5) is 0 Å². The van der Waals surface area contributed by atoms with Gasteiger partial charge in [-0.05, 0) is 6.54 Å². The summed E-state index contributed by atoms with van der Waals surface area (Å²) >= 11 is 0. The second-order valence-electron chi connectivity index (χ2n) is 2.93. The summed E-state index contributed by atoms with van der Waals surface area (Å²) in [6.45, 7) is 1.58. The molecular weight excluding hydrogens is 190 g/mol. The summed E-state index contributed by atoms with van der Waals surface area (Å²) < 4.78 is 0. The topological polar surface area (TPSA) is 110 Å². The number of nitrogens with one attached hydrogen (secondary N) is 1. The van der Waals surface area contributed by atoms with Crippen molar-refractivity contribution < 1.29 is 25.2 Å². The van der Waals surface area contributed by atoms with Crippen molar-refractivity contribution in [2.75, 3.05) is 19.7 Å². The number of hydrogen-bond donors (Lipinski definition) is 5. The van der Waals surface area contributed by atoms with Crippen LogP contribution >= 0.6 is 0 Å². The zero-order valence-corrected chi connectivity index (χ0v) is 8.05. The van der Waals surface area contributed by atoms with Gasteiger partial charge in [-0.15, -0.1) is 0 Å². The van der Waals surface area contributed by atoms with Crippen molar-refractivity contribution in [2.45, 2.75) is 25.2 Å². The van der Waals surface area contributed by atoms with E-state index in [-0.39, 0.29) is 6.54 Å². The summed E-state index contributed by atoms with van der Waals surface area (Å²) in [5.74, 6) is -0.619. The van der Waals surface area contributed by atoms with Crippen LogP contribution in [-0.4, -0.2) is 64.2 Å². The molecule has 0 fully saturated rings. The van der Waals surface area contributed by atoms with Gasteiger partial charge in [-0.25, -0.2) is 0 Å². The number of aliphatic hydroxyl groups excluding tert-OH is 4. The Morgan fingerprint density at radius 2 is 1.93 bits per heavy atom. The van der Waals surface area contributed by atoms with E-state index in [2.05, 4.69) is 5.32 Å². The van der Waals surface area contributed by atoms with Crippen LogP contribution in [0, 0.1) is 0 Å². The fraction of sp³-hybridized carbons (Fsp3) is 0.875. The highest BCUT2D eigenvalue weighted by Gasteiger charge is 2.29. The van der Waals surface area contributed by atoms with E-state index in [1.54, 1.807) is 6.92 Å². The van der Waals surface area contributed by atoms with Crippen LogP contribution in [0.2, 0.25) is 0 Å². The lowest BCUT2D eigenvalue weighted by atomic mass is 10.0. The van der Waals surface area contributed by atoms with Gasteiger partial charge in [0.25, 0.3) is 0 Å². The Labute approximate surface area is 82.2 Å². The molecular formula is C8H17NO5. The maximum absolute atomic E-state index is 11.1. The van der Waals surface area contributed by atoms with Gasteiger partial charge in [0.1, 0.15) is 18.3 Å². The molecule has 0 bridgehead atoms. The molecule has 84 valence electrons. The number of likely N-dealkylation sites (N-methyl/N-ethyl adjacent to an activating group) is 1. The van der Waals surface area contributed by atoms with Gasteiger partial charge in [-0.2, -0.15) is 0 Å². The molecule has 0 aliphatic carbocycles. The molecule has 5 N–H and O–H groups in total. The predicted molar refractivity (Wildman–Crippen MR) is 48.7 cm³/mol. The first-order valence-electron chi connectivity index (χ1n) is 4.43. The molecule has 0 unspecified atom stereocenters. The smallest absolute Gasteiger partial charge is 0.177 e. The number of aliphatic hydroxyl groups is 4. The molecule has 0 radical (unpaired) electrons. The minimum atomic E-state index is -1.67. The minimum Gasteiger partial charge on any atom is -0.394 e. The number of Topliss-reactive ketones (excluding diaryl/α,β-unsaturated/α-hetero) is 1. The molecule has 0 saturated heterocycles. The molecule has 0 heterocycles. The van der Waals surface area contributed by atoms with Crippen molar-refractivity contribution in [3.05, 3.63) is 0 Å². The first kappa shape index (κ1) is 13.5. The maximum atomic E-state index is 11.1. The Morgan fingerprint density at radius 1 is 1.36 bits per heavy atom. The third kappa shape index (κ3) is 4.12. The SMILES string of the molecule is CCNCC(=O)[C@H](O)[C@@H](O)[C@H](O)CO. The average Bonchev–Trinajstić information content (AvgIpc) is 2.22. The fourth-order valence-corrected chi connectivity index (χ4v) is 0.862. The van der Waals surface area contributed by atoms with E-state index in [9.17, 15) is 9.90 Å². The Kier molecular flexibility index (Phi) is 6.60. The van der Waals surface area contributed by atoms with Crippen molar-refractivity contribution in [1.29, 1.82) is 0 Å². The largest absolute Gasteiger partial charge is 0.394 e. The standard InChI is InChI=1S/C8H17NO5/c1-2-9-3-5(11)7(13)8(14)6(12)4-10/h6-10,12-14H,2-4H2,1H3/t6-,7+,8+/m1/s1. The molecule has 0 aromatic heterocycles.